The number of nitrogens with zero attached hydrogens (tertiary/aromatic N) is 3. The molecule has 3 rings (SSSR count). The van der Waals surface area contributed by atoms with Gasteiger partial charge in [-0.3, -0.25) is 9.78 Å². The molecular weight excluding hydrogens is 330 g/mol. The van der Waals surface area contributed by atoms with Crippen molar-refractivity contribution < 1.29 is 9.53 Å². The highest BCUT2D eigenvalue weighted by molar-refractivity contribution is 5.92. The van der Waals surface area contributed by atoms with Gasteiger partial charge in [0.2, 0.25) is 0 Å². The Labute approximate surface area is 151 Å². The Bertz CT molecular complexity index is 853. The predicted molar refractivity (Wildman–Crippen MR) is 97.8 cm³/mol. The van der Waals surface area contributed by atoms with Crippen LogP contribution < -0.4 is 15.4 Å². The van der Waals surface area contributed by atoms with Crippen LogP contribution in [0, 0.1) is 0 Å². The number of ether oxygens (including phenoxy) is 1. The first-order chi connectivity index (χ1) is 12.7. The average Bonchev–Trinajstić information content (AvgIpc) is 2.72. The van der Waals surface area contributed by atoms with E-state index in [-0.39, 0.29) is 5.91 Å². The van der Waals surface area contributed by atoms with Crippen LogP contribution in [0.5, 0.6) is 5.75 Å². The minimum atomic E-state index is -0.260. The third kappa shape index (κ3) is 4.76. The van der Waals surface area contributed by atoms with Crippen LogP contribution in [-0.4, -0.2) is 28.0 Å². The van der Waals surface area contributed by atoms with Gasteiger partial charge in [0.15, 0.2) is 0 Å². The summed E-state index contributed by atoms with van der Waals surface area (Å²) < 4.78 is 5.14. The van der Waals surface area contributed by atoms with Gasteiger partial charge in [0, 0.05) is 31.5 Å². The molecule has 0 atom stereocenters. The summed E-state index contributed by atoms with van der Waals surface area (Å²) in [5, 5.41) is 6.00. The average molecular weight is 349 g/mol. The monoisotopic (exact) mass is 349 g/mol. The molecule has 7 nitrogen and oxygen atoms in total. The Morgan fingerprint density at radius 1 is 1.08 bits per heavy atom. The number of amides is 1. The summed E-state index contributed by atoms with van der Waals surface area (Å²) in [6.45, 7) is 0.975. The van der Waals surface area contributed by atoms with Gasteiger partial charge in [-0.2, -0.15) is 0 Å². The van der Waals surface area contributed by atoms with E-state index in [9.17, 15) is 4.79 Å². The number of nitrogens with one attached hydrogen (secondary N) is 2. The van der Waals surface area contributed by atoms with E-state index in [0.717, 1.165) is 16.9 Å². The number of hydrogen-bond donors (Lipinski definition) is 2. The number of hydrogen-bond acceptors (Lipinski definition) is 6. The largest absolute Gasteiger partial charge is 0.497 e. The molecule has 2 N–H and O–H groups in total. The maximum atomic E-state index is 12.3. The van der Waals surface area contributed by atoms with Crippen molar-refractivity contribution in [2.45, 2.75) is 13.1 Å². The summed E-state index contributed by atoms with van der Waals surface area (Å²) in [5.41, 5.74) is 2.31. The summed E-state index contributed by atoms with van der Waals surface area (Å²) in [6, 6.07) is 13.1. The van der Waals surface area contributed by atoms with Crippen molar-refractivity contribution in [1.29, 1.82) is 0 Å². The minimum Gasteiger partial charge on any atom is -0.497 e. The van der Waals surface area contributed by atoms with Gasteiger partial charge in [-0.25, -0.2) is 9.97 Å². The van der Waals surface area contributed by atoms with E-state index in [4.69, 9.17) is 4.74 Å². The number of methoxy groups -OCH3 is 1. The van der Waals surface area contributed by atoms with Gasteiger partial charge in [0.25, 0.3) is 5.91 Å². The summed E-state index contributed by atoms with van der Waals surface area (Å²) in [6.07, 6.45) is 4.77. The molecule has 0 bridgehead atoms. The molecule has 0 aliphatic heterocycles. The molecule has 1 amide bonds. The van der Waals surface area contributed by atoms with Crippen LogP contribution in [0.4, 0.5) is 5.82 Å². The molecule has 2 heterocycles. The Balaban J connectivity index is 1.57. The number of rotatable bonds is 7. The lowest BCUT2D eigenvalue weighted by Crippen LogP contribution is -2.24. The SMILES string of the molecule is COc1ccc(CNc2cc(C(=O)NCc3cccnc3)ncn2)cc1. The third-order valence-corrected chi connectivity index (χ3v) is 3.71. The zero-order valence-corrected chi connectivity index (χ0v) is 14.3. The highest BCUT2D eigenvalue weighted by Gasteiger charge is 2.08. The Morgan fingerprint density at radius 2 is 1.92 bits per heavy atom. The summed E-state index contributed by atoms with van der Waals surface area (Å²) in [4.78, 5) is 24.5. The molecule has 7 heteroatoms. The first-order valence-electron chi connectivity index (χ1n) is 8.10. The molecule has 1 aromatic carbocycles. The van der Waals surface area contributed by atoms with Crippen molar-refractivity contribution in [1.82, 2.24) is 20.3 Å². The van der Waals surface area contributed by atoms with Crippen molar-refractivity contribution in [3.8, 4) is 5.75 Å². The molecule has 0 radical (unpaired) electrons. The van der Waals surface area contributed by atoms with Crippen LogP contribution >= 0.6 is 0 Å². The highest BCUT2D eigenvalue weighted by Crippen LogP contribution is 2.13. The lowest BCUT2D eigenvalue weighted by atomic mass is 10.2. The second kappa shape index (κ2) is 8.57. The van der Waals surface area contributed by atoms with Gasteiger partial charge >= 0.3 is 0 Å². The van der Waals surface area contributed by atoms with Gasteiger partial charge in [-0.05, 0) is 29.3 Å². The predicted octanol–water partition coefficient (Wildman–Crippen LogP) is 2.42. The molecule has 132 valence electrons. The number of carbonyl (C=O) groups is 1. The molecule has 0 aliphatic rings. The lowest BCUT2D eigenvalue weighted by molar-refractivity contribution is 0.0945. The van der Waals surface area contributed by atoms with Crippen LogP contribution in [-0.2, 0) is 13.1 Å². The number of anilines is 1. The fraction of sp³-hybridized carbons (Fsp3) is 0.158. The van der Waals surface area contributed by atoms with E-state index in [1.165, 1.54) is 6.33 Å². The molecule has 3 aromatic rings. The molecule has 0 fully saturated rings. The van der Waals surface area contributed by atoms with Crippen molar-refractivity contribution in [3.63, 3.8) is 0 Å². The van der Waals surface area contributed by atoms with Gasteiger partial charge < -0.3 is 15.4 Å². The van der Waals surface area contributed by atoms with Crippen LogP contribution in [0.25, 0.3) is 0 Å². The minimum absolute atomic E-state index is 0.260. The fourth-order valence-electron chi connectivity index (χ4n) is 2.29. The number of aromatic nitrogens is 3. The second-order valence-corrected chi connectivity index (χ2v) is 5.53. The maximum Gasteiger partial charge on any atom is 0.270 e. The first-order valence-corrected chi connectivity index (χ1v) is 8.10. The van der Waals surface area contributed by atoms with Gasteiger partial charge in [-0.1, -0.05) is 18.2 Å². The standard InChI is InChI=1S/C19H19N5O2/c1-26-16-6-4-14(5-7-16)11-21-18-9-17(23-13-24-18)19(25)22-12-15-3-2-8-20-10-15/h2-10,13H,11-12H2,1H3,(H,22,25)(H,21,23,24). The summed E-state index contributed by atoms with van der Waals surface area (Å²) in [5.74, 6) is 1.13. The van der Waals surface area contributed by atoms with Gasteiger partial charge in [-0.15, -0.1) is 0 Å². The quantitative estimate of drug-likeness (QED) is 0.681. The smallest absolute Gasteiger partial charge is 0.270 e. The zero-order chi connectivity index (χ0) is 18.2. The number of pyridine rings is 1. The van der Waals surface area contributed by atoms with Crippen molar-refractivity contribution >= 4 is 11.7 Å². The molecule has 0 saturated carbocycles. The third-order valence-electron chi connectivity index (χ3n) is 3.71. The number of benzene rings is 1. The van der Waals surface area contributed by atoms with Crippen LogP contribution in [0.15, 0.2) is 61.2 Å². The Morgan fingerprint density at radius 3 is 2.65 bits per heavy atom. The summed E-state index contributed by atoms with van der Waals surface area (Å²) in [7, 11) is 1.63. The van der Waals surface area contributed by atoms with Crippen LogP contribution in [0.1, 0.15) is 21.6 Å². The molecule has 0 aliphatic carbocycles. The van der Waals surface area contributed by atoms with Crippen LogP contribution in [0.3, 0.4) is 0 Å². The molecular formula is C19H19N5O2. The lowest BCUT2D eigenvalue weighted by Gasteiger charge is -2.08. The van der Waals surface area contributed by atoms with Crippen molar-refractivity contribution in [2.75, 3.05) is 12.4 Å². The highest BCUT2D eigenvalue weighted by atomic mass is 16.5. The van der Waals surface area contributed by atoms with E-state index in [1.807, 2.05) is 36.4 Å². The van der Waals surface area contributed by atoms with E-state index >= 15 is 0 Å². The second-order valence-electron chi connectivity index (χ2n) is 5.53. The topological polar surface area (TPSA) is 89.0 Å². The van der Waals surface area contributed by atoms with Gasteiger partial charge in [0.1, 0.15) is 23.6 Å². The van der Waals surface area contributed by atoms with Crippen molar-refractivity contribution in [3.05, 3.63) is 78.0 Å². The molecule has 26 heavy (non-hydrogen) atoms. The fourth-order valence-corrected chi connectivity index (χ4v) is 2.29. The van der Waals surface area contributed by atoms with E-state index in [2.05, 4.69) is 25.6 Å². The molecule has 0 saturated heterocycles. The van der Waals surface area contributed by atoms with Crippen molar-refractivity contribution in [2.24, 2.45) is 0 Å². The van der Waals surface area contributed by atoms with E-state index in [0.29, 0.717) is 24.6 Å². The van der Waals surface area contributed by atoms with Crippen LogP contribution in [0.2, 0.25) is 0 Å². The molecule has 0 unspecified atom stereocenters. The Hall–Kier alpha value is -3.48. The van der Waals surface area contributed by atoms with Gasteiger partial charge in [0.05, 0.1) is 7.11 Å². The maximum absolute atomic E-state index is 12.3. The van der Waals surface area contributed by atoms with E-state index < -0.39 is 0 Å². The van der Waals surface area contributed by atoms with E-state index in [1.54, 1.807) is 25.6 Å². The molecule has 2 aromatic heterocycles. The molecule has 0 spiro atoms. The Kier molecular flexibility index (Phi) is 5.72. The first kappa shape index (κ1) is 17.3. The summed E-state index contributed by atoms with van der Waals surface area (Å²) >= 11 is 0. The normalized spacial score (nSPS) is 10.2. The number of carbonyl (C=O) groups excluding carboxylic acids is 1. The zero-order valence-electron chi connectivity index (χ0n) is 14.3.